The highest BCUT2D eigenvalue weighted by molar-refractivity contribution is 6.00. The van der Waals surface area contributed by atoms with E-state index in [1.807, 2.05) is 27.7 Å². The summed E-state index contributed by atoms with van der Waals surface area (Å²) in [6.45, 7) is 14.9. The molecule has 452 valence electrons. The summed E-state index contributed by atoms with van der Waals surface area (Å²) in [4.78, 5) is 172. The number of carbonyl (C=O) groups excluding carboxylic acids is 11. The highest BCUT2D eigenvalue weighted by Gasteiger charge is 2.41. The SMILES string of the molecule is CC[C@H](C)[C@H](NC(=O)[C@H](CC(N)=O)NC(=O)[C@@H](NC(=O)[C@H](CCC(N)=O)NC(=O)[C@H](C)NC(=O)[C@@H]1CCCN1C(=O)[C@H](CC(C)C)NC(=O)[C@H](CC(C)C)NC(=O)[C@@H](N)Cc1ccc(O)cc1)C(C)C)C(=O)N[C@@H](CC(=O)O)C(=O)O. The van der Waals surface area contributed by atoms with E-state index in [1.165, 1.54) is 44.7 Å². The molecule has 28 nitrogen and oxygen atoms in total. The maximum atomic E-state index is 14.3. The van der Waals surface area contributed by atoms with Gasteiger partial charge in [-0.1, -0.05) is 73.9 Å². The molecule has 0 spiro atoms. The van der Waals surface area contributed by atoms with Gasteiger partial charge >= 0.3 is 11.9 Å². The van der Waals surface area contributed by atoms with Crippen molar-refractivity contribution in [3.8, 4) is 5.75 Å². The van der Waals surface area contributed by atoms with Gasteiger partial charge in [-0.3, -0.25) is 57.5 Å². The zero-order valence-electron chi connectivity index (χ0n) is 47.5. The minimum atomic E-state index is -1.87. The van der Waals surface area contributed by atoms with E-state index in [0.717, 1.165) is 0 Å². The summed E-state index contributed by atoms with van der Waals surface area (Å²) in [5.41, 5.74) is 17.7. The number of likely N-dealkylation sites (tertiary alicyclic amines) is 1. The fourth-order valence-electron chi connectivity index (χ4n) is 8.71. The van der Waals surface area contributed by atoms with Gasteiger partial charge in [-0.05, 0) is 86.8 Å². The van der Waals surface area contributed by atoms with Crippen LogP contribution in [-0.2, 0) is 68.7 Å². The molecule has 1 heterocycles. The normalized spacial score (nSPS) is 16.9. The Balaban J connectivity index is 2.28. The van der Waals surface area contributed by atoms with Crippen LogP contribution in [0.4, 0.5) is 0 Å². The van der Waals surface area contributed by atoms with Gasteiger partial charge in [-0.15, -0.1) is 0 Å². The highest BCUT2D eigenvalue weighted by atomic mass is 16.4. The third-order valence-electron chi connectivity index (χ3n) is 13.4. The number of rotatable bonds is 34. The number of primary amides is 2. The Morgan fingerprint density at radius 1 is 0.593 bits per heavy atom. The Morgan fingerprint density at radius 2 is 1.10 bits per heavy atom. The van der Waals surface area contributed by atoms with Crippen molar-refractivity contribution in [2.75, 3.05) is 6.54 Å². The molecule has 11 atom stereocenters. The number of aromatic hydroxyl groups is 1. The van der Waals surface area contributed by atoms with Crippen LogP contribution in [0.1, 0.15) is 126 Å². The third kappa shape index (κ3) is 23.4. The Morgan fingerprint density at radius 3 is 1.63 bits per heavy atom. The molecule has 0 aromatic heterocycles. The maximum absolute atomic E-state index is 14.3. The van der Waals surface area contributed by atoms with Crippen molar-refractivity contribution in [1.29, 1.82) is 0 Å². The van der Waals surface area contributed by atoms with Crippen molar-refractivity contribution in [3.63, 3.8) is 0 Å². The number of carbonyl (C=O) groups is 13. The number of carboxylic acid groups (broad SMARTS) is 2. The lowest BCUT2D eigenvalue weighted by molar-refractivity contribution is -0.147. The summed E-state index contributed by atoms with van der Waals surface area (Å²) < 4.78 is 0. The van der Waals surface area contributed by atoms with Crippen molar-refractivity contribution in [2.24, 2.45) is 40.9 Å². The highest BCUT2D eigenvalue weighted by Crippen LogP contribution is 2.22. The molecule has 0 unspecified atom stereocenters. The lowest BCUT2D eigenvalue weighted by Crippen LogP contribution is -2.61. The topological polar surface area (TPSA) is 460 Å². The largest absolute Gasteiger partial charge is 0.508 e. The van der Waals surface area contributed by atoms with Gasteiger partial charge < -0.3 is 80.0 Å². The molecular weight excluding hydrogens is 1060 g/mol. The summed E-state index contributed by atoms with van der Waals surface area (Å²) in [5, 5.41) is 48.0. The molecule has 1 aliphatic heterocycles. The first kappa shape index (κ1) is 69.2. The quantitative estimate of drug-likeness (QED) is 0.0343. The molecule has 1 aliphatic rings. The summed E-state index contributed by atoms with van der Waals surface area (Å²) in [6, 6.07) is -7.83. The smallest absolute Gasteiger partial charge is 0.326 e. The first-order valence-electron chi connectivity index (χ1n) is 27.0. The van der Waals surface area contributed by atoms with Gasteiger partial charge in [0.25, 0.3) is 0 Å². The predicted octanol–water partition coefficient (Wildman–Crippen LogP) is -2.35. The number of nitrogens with one attached hydrogen (secondary N) is 8. The van der Waals surface area contributed by atoms with Crippen LogP contribution in [0.15, 0.2) is 24.3 Å². The van der Waals surface area contributed by atoms with Crippen LogP contribution in [0, 0.1) is 23.7 Å². The summed E-state index contributed by atoms with van der Waals surface area (Å²) >= 11 is 0. The van der Waals surface area contributed by atoms with Crippen LogP contribution >= 0.6 is 0 Å². The summed E-state index contributed by atoms with van der Waals surface area (Å²) in [5.74, 6) is -14.6. The molecule has 2 rings (SSSR count). The molecule has 0 saturated carbocycles. The molecule has 0 radical (unpaired) electrons. The first-order chi connectivity index (χ1) is 37.8. The van der Waals surface area contributed by atoms with E-state index in [0.29, 0.717) is 12.0 Å². The molecule has 1 aromatic rings. The van der Waals surface area contributed by atoms with Crippen molar-refractivity contribution >= 4 is 76.9 Å². The standard InChI is InChI=1S/C53H84N12O16/c1-10-28(8)43(51(78)62-37(53(80)81)24-41(69)70)64-48(75)35(23-40(56)68)60-50(77)42(27(6)7)63-46(73)33(17-18-39(55)67)58-44(71)29(9)57-49(76)38-12-11-19-65(38)52(79)36(21-26(4)5)61-47(74)34(20-25(2)3)59-45(72)32(54)22-30-13-15-31(66)16-14-30/h13-16,25-29,32-38,42-43,66H,10-12,17-24,54H2,1-9H3,(H2,55,67)(H2,56,68)(H,57,76)(H,58,71)(H,59,72)(H,60,77)(H,61,74)(H,62,78)(H,63,73)(H,64,75)(H,69,70)(H,80,81)/t28-,29-,32-,33-,34-,35-,36-,37-,38-,42-,43-/m0/s1. The van der Waals surface area contributed by atoms with E-state index >= 15 is 0 Å². The van der Waals surface area contributed by atoms with Crippen LogP contribution < -0.4 is 59.7 Å². The van der Waals surface area contributed by atoms with E-state index in [9.17, 15) is 72.5 Å². The number of carboxylic acids is 2. The first-order valence-corrected chi connectivity index (χ1v) is 27.0. The van der Waals surface area contributed by atoms with Crippen LogP contribution in [0.3, 0.4) is 0 Å². The van der Waals surface area contributed by atoms with Gasteiger partial charge in [-0.2, -0.15) is 0 Å². The Labute approximate surface area is 470 Å². The van der Waals surface area contributed by atoms with E-state index in [-0.39, 0.29) is 56.2 Å². The minimum Gasteiger partial charge on any atom is -0.508 e. The van der Waals surface area contributed by atoms with Gasteiger partial charge in [0.15, 0.2) is 0 Å². The molecule has 28 heteroatoms. The fraction of sp³-hybridized carbons (Fsp3) is 0.642. The maximum Gasteiger partial charge on any atom is 0.326 e. The number of nitrogens with two attached hydrogens (primary N) is 3. The molecule has 81 heavy (non-hydrogen) atoms. The fourth-order valence-corrected chi connectivity index (χ4v) is 8.71. The van der Waals surface area contributed by atoms with Crippen LogP contribution in [-0.4, -0.2) is 164 Å². The van der Waals surface area contributed by atoms with Crippen molar-refractivity contribution in [3.05, 3.63) is 29.8 Å². The molecule has 1 aromatic carbocycles. The average Bonchev–Trinajstić information content (AvgIpc) is 3.90. The number of phenolic OH excluding ortho intramolecular Hbond substituents is 1. The Hall–Kier alpha value is -7.91. The van der Waals surface area contributed by atoms with Gasteiger partial charge in [0.05, 0.1) is 18.9 Å². The molecule has 0 aliphatic carbocycles. The second kappa shape index (κ2) is 33.0. The minimum absolute atomic E-state index is 0.0401. The second-order valence-electron chi connectivity index (χ2n) is 21.7. The number of benzene rings is 1. The zero-order chi connectivity index (χ0) is 61.6. The molecular formula is C53H84N12O16. The van der Waals surface area contributed by atoms with Crippen LogP contribution in [0.5, 0.6) is 5.75 Å². The lowest BCUT2D eigenvalue weighted by atomic mass is 9.97. The number of amides is 11. The number of hydrogen-bond acceptors (Lipinski definition) is 15. The number of hydrogen-bond donors (Lipinski definition) is 14. The second-order valence-corrected chi connectivity index (χ2v) is 21.7. The van der Waals surface area contributed by atoms with Gasteiger partial charge in [0.1, 0.15) is 60.1 Å². The predicted molar refractivity (Wildman–Crippen MR) is 291 cm³/mol. The van der Waals surface area contributed by atoms with E-state index < -0.39 is 175 Å². The molecule has 1 fully saturated rings. The monoisotopic (exact) mass is 1140 g/mol. The molecule has 11 amide bonds. The average molecular weight is 1150 g/mol. The van der Waals surface area contributed by atoms with E-state index in [1.54, 1.807) is 19.1 Å². The summed E-state index contributed by atoms with van der Waals surface area (Å²) in [6.07, 6.45) is -1.40. The zero-order valence-corrected chi connectivity index (χ0v) is 47.5. The number of phenols is 1. The summed E-state index contributed by atoms with van der Waals surface area (Å²) in [7, 11) is 0. The third-order valence-corrected chi connectivity index (χ3v) is 13.4. The van der Waals surface area contributed by atoms with Crippen molar-refractivity contribution in [2.45, 2.75) is 187 Å². The number of nitrogens with zero attached hydrogens (tertiary/aromatic N) is 1. The Kier molecular flexibility index (Phi) is 28.2. The molecule has 1 saturated heterocycles. The van der Waals surface area contributed by atoms with Gasteiger partial charge in [0, 0.05) is 13.0 Å². The Bertz CT molecular complexity index is 2420. The van der Waals surface area contributed by atoms with E-state index in [4.69, 9.17) is 22.3 Å². The van der Waals surface area contributed by atoms with Crippen molar-refractivity contribution < 1.29 is 77.6 Å². The molecule has 0 bridgehead atoms. The van der Waals surface area contributed by atoms with Gasteiger partial charge in [-0.25, -0.2) is 4.79 Å². The van der Waals surface area contributed by atoms with Crippen molar-refractivity contribution in [1.82, 2.24) is 47.4 Å². The molecule has 17 N–H and O–H groups in total. The van der Waals surface area contributed by atoms with Crippen LogP contribution in [0.25, 0.3) is 0 Å². The number of aliphatic carboxylic acids is 2. The van der Waals surface area contributed by atoms with Gasteiger partial charge in [0.2, 0.25) is 65.0 Å². The van der Waals surface area contributed by atoms with Crippen LogP contribution in [0.2, 0.25) is 0 Å². The lowest BCUT2D eigenvalue weighted by Gasteiger charge is -2.31. The van der Waals surface area contributed by atoms with E-state index in [2.05, 4.69) is 42.5 Å².